The zero-order valence-corrected chi connectivity index (χ0v) is 10.9. The van der Waals surface area contributed by atoms with Crippen LogP contribution in [0, 0.1) is 0 Å². The first-order valence-corrected chi connectivity index (χ1v) is 6.31. The number of hydrogen-bond acceptors (Lipinski definition) is 4. The molecule has 0 aromatic carbocycles. The van der Waals surface area contributed by atoms with Gasteiger partial charge in [0.1, 0.15) is 0 Å². The first-order chi connectivity index (χ1) is 7.74. The molecular weight excluding hydrogens is 206 g/mol. The summed E-state index contributed by atoms with van der Waals surface area (Å²) >= 11 is 0. The molecule has 98 valence electrons. The molecule has 0 aliphatic heterocycles. The molecule has 0 heterocycles. The van der Waals surface area contributed by atoms with E-state index in [0.717, 1.165) is 12.8 Å². The SMILES string of the molecule is CCOCCOCC(O)CNC(CC)CC. The lowest BCUT2D eigenvalue weighted by Gasteiger charge is -2.18. The predicted molar refractivity (Wildman–Crippen MR) is 65.7 cm³/mol. The molecule has 0 radical (unpaired) electrons. The number of aliphatic hydroxyl groups excluding tert-OH is 1. The van der Waals surface area contributed by atoms with Crippen molar-refractivity contribution in [2.45, 2.75) is 45.8 Å². The number of aliphatic hydroxyl groups is 1. The summed E-state index contributed by atoms with van der Waals surface area (Å²) in [4.78, 5) is 0. The van der Waals surface area contributed by atoms with E-state index in [4.69, 9.17) is 9.47 Å². The molecule has 2 N–H and O–H groups in total. The third-order valence-electron chi connectivity index (χ3n) is 2.51. The van der Waals surface area contributed by atoms with Crippen LogP contribution in [0.15, 0.2) is 0 Å². The Morgan fingerprint density at radius 3 is 2.25 bits per heavy atom. The van der Waals surface area contributed by atoms with E-state index in [2.05, 4.69) is 19.2 Å². The number of hydrogen-bond donors (Lipinski definition) is 2. The Kier molecular flexibility index (Phi) is 11.2. The second-order valence-corrected chi connectivity index (χ2v) is 3.85. The molecule has 0 aromatic heterocycles. The van der Waals surface area contributed by atoms with Gasteiger partial charge in [0.25, 0.3) is 0 Å². The van der Waals surface area contributed by atoms with Crippen LogP contribution in [0.5, 0.6) is 0 Å². The van der Waals surface area contributed by atoms with E-state index in [9.17, 15) is 5.11 Å². The highest BCUT2D eigenvalue weighted by Crippen LogP contribution is 1.96. The van der Waals surface area contributed by atoms with Gasteiger partial charge in [0, 0.05) is 19.2 Å². The van der Waals surface area contributed by atoms with Gasteiger partial charge in [0.15, 0.2) is 0 Å². The van der Waals surface area contributed by atoms with Gasteiger partial charge >= 0.3 is 0 Å². The molecule has 0 fully saturated rings. The van der Waals surface area contributed by atoms with Crippen molar-refractivity contribution >= 4 is 0 Å². The van der Waals surface area contributed by atoms with Gasteiger partial charge in [-0.05, 0) is 19.8 Å². The van der Waals surface area contributed by atoms with Crippen LogP contribution < -0.4 is 5.32 Å². The average molecular weight is 233 g/mol. The molecule has 4 heteroatoms. The van der Waals surface area contributed by atoms with Gasteiger partial charge in [0.05, 0.1) is 25.9 Å². The highest BCUT2D eigenvalue weighted by Gasteiger charge is 2.07. The molecule has 0 saturated carbocycles. The van der Waals surface area contributed by atoms with Crippen LogP contribution in [-0.2, 0) is 9.47 Å². The van der Waals surface area contributed by atoms with Crippen molar-refractivity contribution < 1.29 is 14.6 Å². The van der Waals surface area contributed by atoms with Crippen molar-refractivity contribution in [1.29, 1.82) is 0 Å². The number of nitrogens with one attached hydrogen (secondary N) is 1. The molecule has 0 rings (SSSR count). The number of rotatable bonds is 11. The summed E-state index contributed by atoms with van der Waals surface area (Å²) in [6.45, 7) is 9.08. The molecule has 1 atom stereocenters. The second-order valence-electron chi connectivity index (χ2n) is 3.85. The fourth-order valence-corrected chi connectivity index (χ4v) is 1.42. The lowest BCUT2D eigenvalue weighted by atomic mass is 10.1. The third-order valence-corrected chi connectivity index (χ3v) is 2.51. The zero-order chi connectivity index (χ0) is 12.2. The van der Waals surface area contributed by atoms with E-state index < -0.39 is 6.10 Å². The highest BCUT2D eigenvalue weighted by molar-refractivity contribution is 4.66. The minimum absolute atomic E-state index is 0.375. The maximum Gasteiger partial charge on any atom is 0.0897 e. The lowest BCUT2D eigenvalue weighted by molar-refractivity contribution is 0.00567. The van der Waals surface area contributed by atoms with Crippen LogP contribution in [0.4, 0.5) is 0 Å². The van der Waals surface area contributed by atoms with Crippen LogP contribution in [0.1, 0.15) is 33.6 Å². The molecule has 0 amide bonds. The Hall–Kier alpha value is -0.160. The quantitative estimate of drug-likeness (QED) is 0.526. The van der Waals surface area contributed by atoms with Gasteiger partial charge in [-0.3, -0.25) is 0 Å². The van der Waals surface area contributed by atoms with Crippen molar-refractivity contribution in [3.8, 4) is 0 Å². The maximum absolute atomic E-state index is 9.62. The number of ether oxygens (including phenoxy) is 2. The minimum Gasteiger partial charge on any atom is -0.389 e. The van der Waals surface area contributed by atoms with Gasteiger partial charge in [0.2, 0.25) is 0 Å². The van der Waals surface area contributed by atoms with E-state index in [-0.39, 0.29) is 0 Å². The third kappa shape index (κ3) is 9.09. The summed E-state index contributed by atoms with van der Waals surface area (Å²) in [5, 5.41) is 12.9. The highest BCUT2D eigenvalue weighted by atomic mass is 16.5. The summed E-state index contributed by atoms with van der Waals surface area (Å²) < 4.78 is 10.4. The molecular formula is C12H27NO3. The van der Waals surface area contributed by atoms with Gasteiger partial charge < -0.3 is 19.9 Å². The van der Waals surface area contributed by atoms with Crippen molar-refractivity contribution in [2.24, 2.45) is 0 Å². The Morgan fingerprint density at radius 2 is 1.69 bits per heavy atom. The molecule has 0 aliphatic carbocycles. The minimum atomic E-state index is -0.428. The van der Waals surface area contributed by atoms with E-state index in [1.165, 1.54) is 0 Å². The standard InChI is InChI=1S/C12H27NO3/c1-4-11(5-2)13-9-12(14)10-16-8-7-15-6-3/h11-14H,4-10H2,1-3H3. The first-order valence-electron chi connectivity index (χ1n) is 6.31. The summed E-state index contributed by atoms with van der Waals surface area (Å²) in [6, 6.07) is 0.498. The van der Waals surface area contributed by atoms with Crippen molar-refractivity contribution in [1.82, 2.24) is 5.32 Å². The Bertz CT molecular complexity index is 140. The van der Waals surface area contributed by atoms with Gasteiger partial charge in [-0.15, -0.1) is 0 Å². The predicted octanol–water partition coefficient (Wildman–Crippen LogP) is 1.18. The van der Waals surface area contributed by atoms with Crippen molar-refractivity contribution in [3.63, 3.8) is 0 Å². The van der Waals surface area contributed by atoms with E-state index >= 15 is 0 Å². The van der Waals surface area contributed by atoms with E-state index in [0.29, 0.717) is 39.0 Å². The molecule has 16 heavy (non-hydrogen) atoms. The summed E-state index contributed by atoms with van der Waals surface area (Å²) in [7, 11) is 0. The Balaban J connectivity index is 3.33. The monoisotopic (exact) mass is 233 g/mol. The zero-order valence-electron chi connectivity index (χ0n) is 10.9. The largest absolute Gasteiger partial charge is 0.389 e. The molecule has 0 aromatic rings. The van der Waals surface area contributed by atoms with Crippen LogP contribution in [0.3, 0.4) is 0 Å². The lowest BCUT2D eigenvalue weighted by Crippen LogP contribution is -2.37. The van der Waals surface area contributed by atoms with Crippen LogP contribution >= 0.6 is 0 Å². The van der Waals surface area contributed by atoms with Crippen molar-refractivity contribution in [2.75, 3.05) is 33.0 Å². The van der Waals surface area contributed by atoms with Crippen LogP contribution in [0.25, 0.3) is 0 Å². The smallest absolute Gasteiger partial charge is 0.0897 e. The summed E-state index contributed by atoms with van der Waals surface area (Å²) in [5.74, 6) is 0. The topological polar surface area (TPSA) is 50.7 Å². The second kappa shape index (κ2) is 11.3. The molecule has 1 unspecified atom stereocenters. The maximum atomic E-state index is 9.62. The normalized spacial score (nSPS) is 13.3. The molecule has 0 spiro atoms. The Morgan fingerprint density at radius 1 is 1.06 bits per heavy atom. The molecule has 4 nitrogen and oxygen atoms in total. The molecule has 0 saturated heterocycles. The average Bonchev–Trinajstić information content (AvgIpc) is 2.30. The Labute approximate surface area is 99.3 Å². The fourth-order valence-electron chi connectivity index (χ4n) is 1.42. The van der Waals surface area contributed by atoms with Crippen LogP contribution in [0.2, 0.25) is 0 Å². The van der Waals surface area contributed by atoms with Crippen LogP contribution in [-0.4, -0.2) is 50.2 Å². The van der Waals surface area contributed by atoms with Gasteiger partial charge in [-0.2, -0.15) is 0 Å². The van der Waals surface area contributed by atoms with E-state index in [1.54, 1.807) is 0 Å². The fraction of sp³-hybridized carbons (Fsp3) is 1.00. The van der Waals surface area contributed by atoms with E-state index in [1.807, 2.05) is 6.92 Å². The first kappa shape index (κ1) is 15.8. The van der Waals surface area contributed by atoms with Gasteiger partial charge in [-0.25, -0.2) is 0 Å². The molecule has 0 aliphatic rings. The summed E-state index contributed by atoms with van der Waals surface area (Å²) in [5.41, 5.74) is 0. The summed E-state index contributed by atoms with van der Waals surface area (Å²) in [6.07, 6.45) is 1.75. The van der Waals surface area contributed by atoms with Crippen molar-refractivity contribution in [3.05, 3.63) is 0 Å². The van der Waals surface area contributed by atoms with Gasteiger partial charge in [-0.1, -0.05) is 13.8 Å². The molecule has 0 bridgehead atoms.